The van der Waals surface area contributed by atoms with Crippen LogP contribution >= 0.6 is 0 Å². The first kappa shape index (κ1) is 18.5. The molecule has 0 spiro atoms. The Morgan fingerprint density at radius 2 is 1.52 bits per heavy atom. The van der Waals surface area contributed by atoms with Crippen molar-refractivity contribution in [2.45, 2.75) is 4.90 Å². The van der Waals surface area contributed by atoms with Crippen LogP contribution in [0.1, 0.15) is 10.4 Å². The molecule has 0 radical (unpaired) electrons. The van der Waals surface area contributed by atoms with E-state index in [9.17, 15) is 30.8 Å². The summed E-state index contributed by atoms with van der Waals surface area (Å²) >= 11 is 0. The number of hydrogen-bond donors (Lipinski definition) is 1. The summed E-state index contributed by atoms with van der Waals surface area (Å²) in [6.45, 7) is 0. The van der Waals surface area contributed by atoms with Crippen LogP contribution in [-0.4, -0.2) is 21.4 Å². The standard InChI is InChI=1S/C14H9F4NO5S/c1-23-12-8(15)10(17)13(11(18)9(12)16)25(21,22)24-7-5-3-2-4-6(7)14(19)20/h2-5H,1H3,(H2,19,20). The van der Waals surface area contributed by atoms with E-state index in [1.807, 2.05) is 0 Å². The van der Waals surface area contributed by atoms with Crippen molar-refractivity contribution in [3.8, 4) is 11.5 Å². The average Bonchev–Trinajstić information content (AvgIpc) is 2.53. The van der Waals surface area contributed by atoms with Crippen LogP contribution in [0.3, 0.4) is 0 Å². The van der Waals surface area contributed by atoms with Gasteiger partial charge in [-0.25, -0.2) is 8.78 Å². The molecule has 2 aromatic rings. The normalized spacial score (nSPS) is 11.2. The van der Waals surface area contributed by atoms with Crippen LogP contribution in [0.4, 0.5) is 17.6 Å². The lowest BCUT2D eigenvalue weighted by Crippen LogP contribution is -2.19. The lowest BCUT2D eigenvalue weighted by Gasteiger charge is -2.13. The van der Waals surface area contributed by atoms with Crippen molar-refractivity contribution in [1.82, 2.24) is 0 Å². The summed E-state index contributed by atoms with van der Waals surface area (Å²) in [6, 6.07) is 4.59. The highest BCUT2D eigenvalue weighted by molar-refractivity contribution is 7.87. The number of methoxy groups -OCH3 is 1. The van der Waals surface area contributed by atoms with Crippen molar-refractivity contribution in [3.63, 3.8) is 0 Å². The van der Waals surface area contributed by atoms with E-state index in [1.54, 1.807) is 0 Å². The number of nitrogens with two attached hydrogens (primary N) is 1. The summed E-state index contributed by atoms with van der Waals surface area (Å²) in [7, 11) is -4.66. The SMILES string of the molecule is COc1c(F)c(F)c(S(=O)(=O)Oc2ccccc2C(N)=O)c(F)c1F. The Balaban J connectivity index is 2.65. The summed E-state index contributed by atoms with van der Waals surface area (Å²) in [5.74, 6) is -11.8. The van der Waals surface area contributed by atoms with E-state index in [0.29, 0.717) is 0 Å². The van der Waals surface area contributed by atoms with Gasteiger partial charge in [-0.2, -0.15) is 17.2 Å². The molecule has 0 saturated heterocycles. The Hall–Kier alpha value is -2.82. The van der Waals surface area contributed by atoms with Crippen molar-refractivity contribution in [1.29, 1.82) is 0 Å². The van der Waals surface area contributed by atoms with Crippen molar-refractivity contribution in [2.24, 2.45) is 5.73 Å². The van der Waals surface area contributed by atoms with E-state index >= 15 is 0 Å². The third-order valence-corrected chi connectivity index (χ3v) is 4.25. The maximum atomic E-state index is 13.9. The summed E-state index contributed by atoms with van der Waals surface area (Å²) in [5, 5.41) is 0. The third-order valence-electron chi connectivity index (χ3n) is 2.99. The average molecular weight is 379 g/mol. The minimum Gasteiger partial charge on any atom is -0.491 e. The number of para-hydroxylation sites is 1. The van der Waals surface area contributed by atoms with Gasteiger partial charge in [0.25, 0.3) is 5.91 Å². The van der Waals surface area contributed by atoms with Gasteiger partial charge in [-0.3, -0.25) is 4.79 Å². The first-order valence-corrected chi connectivity index (χ1v) is 7.75. The molecule has 0 saturated carbocycles. The largest absolute Gasteiger partial charge is 0.491 e. The van der Waals surface area contributed by atoms with Gasteiger partial charge in [-0.1, -0.05) is 12.1 Å². The van der Waals surface area contributed by atoms with E-state index in [-0.39, 0.29) is 0 Å². The van der Waals surface area contributed by atoms with Crippen molar-refractivity contribution >= 4 is 16.0 Å². The molecule has 2 N–H and O–H groups in total. The topological polar surface area (TPSA) is 95.7 Å². The second-order valence-corrected chi connectivity index (χ2v) is 6.00. The Labute approximate surface area is 138 Å². The first-order chi connectivity index (χ1) is 11.6. The Morgan fingerprint density at radius 3 is 2.00 bits per heavy atom. The van der Waals surface area contributed by atoms with Crippen LogP contribution in [0, 0.1) is 23.3 Å². The summed E-state index contributed by atoms with van der Waals surface area (Å²) < 4.78 is 88.0. The Bertz CT molecular complexity index is 933. The van der Waals surface area contributed by atoms with E-state index in [0.717, 1.165) is 19.2 Å². The molecule has 0 atom stereocenters. The minimum atomic E-state index is -5.39. The van der Waals surface area contributed by atoms with Crippen LogP contribution in [0.15, 0.2) is 29.2 Å². The summed E-state index contributed by atoms with van der Waals surface area (Å²) in [6.07, 6.45) is 0. The lowest BCUT2D eigenvalue weighted by molar-refractivity contribution is 0.0999. The quantitative estimate of drug-likeness (QED) is 0.488. The molecule has 25 heavy (non-hydrogen) atoms. The molecule has 11 heteroatoms. The predicted molar refractivity (Wildman–Crippen MR) is 75.6 cm³/mol. The molecule has 6 nitrogen and oxygen atoms in total. The number of ether oxygens (including phenoxy) is 1. The molecule has 0 aromatic heterocycles. The molecule has 2 aromatic carbocycles. The molecular weight excluding hydrogens is 370 g/mol. The van der Waals surface area contributed by atoms with Gasteiger partial charge < -0.3 is 14.7 Å². The fourth-order valence-electron chi connectivity index (χ4n) is 1.89. The zero-order chi connectivity index (χ0) is 18.9. The predicted octanol–water partition coefficient (Wildman–Crippen LogP) is 2.12. The maximum Gasteiger partial charge on any atom is 0.345 e. The van der Waals surface area contributed by atoms with Gasteiger partial charge in [0.2, 0.25) is 11.6 Å². The monoisotopic (exact) mass is 379 g/mol. The molecule has 0 bridgehead atoms. The molecular formula is C14H9F4NO5S. The van der Waals surface area contributed by atoms with Crippen LogP contribution in [0.25, 0.3) is 0 Å². The number of carbonyl (C=O) groups is 1. The minimum absolute atomic E-state index is 0.429. The number of rotatable bonds is 5. The van der Waals surface area contributed by atoms with Crippen LogP contribution < -0.4 is 14.7 Å². The number of carbonyl (C=O) groups excluding carboxylic acids is 1. The highest BCUT2D eigenvalue weighted by atomic mass is 32.2. The van der Waals surface area contributed by atoms with Crippen LogP contribution in [-0.2, 0) is 10.1 Å². The van der Waals surface area contributed by atoms with Gasteiger partial charge in [0.1, 0.15) is 0 Å². The summed E-state index contributed by atoms with van der Waals surface area (Å²) in [4.78, 5) is 9.22. The number of amides is 1. The number of halogens is 4. The van der Waals surface area contributed by atoms with Gasteiger partial charge in [0.05, 0.1) is 12.7 Å². The fraction of sp³-hybridized carbons (Fsp3) is 0.0714. The van der Waals surface area contributed by atoms with Crippen molar-refractivity contribution < 1.29 is 39.7 Å². The lowest BCUT2D eigenvalue weighted by atomic mass is 10.2. The van der Waals surface area contributed by atoms with Gasteiger partial charge in [-0.05, 0) is 12.1 Å². The number of benzene rings is 2. The van der Waals surface area contributed by atoms with Crippen LogP contribution in [0.5, 0.6) is 11.5 Å². The van der Waals surface area contributed by atoms with Gasteiger partial charge in [0.15, 0.2) is 28.0 Å². The van der Waals surface area contributed by atoms with E-state index in [4.69, 9.17) is 5.73 Å². The summed E-state index contributed by atoms with van der Waals surface area (Å²) in [5.41, 5.74) is 4.59. The van der Waals surface area contributed by atoms with E-state index < -0.39 is 61.3 Å². The van der Waals surface area contributed by atoms with Gasteiger partial charge >= 0.3 is 10.1 Å². The molecule has 2 rings (SSSR count). The third kappa shape index (κ3) is 3.22. The smallest absolute Gasteiger partial charge is 0.345 e. The van der Waals surface area contributed by atoms with E-state index in [2.05, 4.69) is 8.92 Å². The van der Waals surface area contributed by atoms with Crippen molar-refractivity contribution in [2.75, 3.05) is 7.11 Å². The Kier molecular flexibility index (Phi) is 4.88. The van der Waals surface area contributed by atoms with Gasteiger partial charge in [-0.15, -0.1) is 0 Å². The second kappa shape index (κ2) is 6.59. The van der Waals surface area contributed by atoms with Crippen LogP contribution in [0.2, 0.25) is 0 Å². The van der Waals surface area contributed by atoms with Gasteiger partial charge in [0, 0.05) is 0 Å². The zero-order valence-electron chi connectivity index (χ0n) is 12.3. The molecule has 0 unspecified atom stereocenters. The number of primary amides is 1. The Morgan fingerprint density at radius 1 is 1.00 bits per heavy atom. The molecule has 0 aliphatic carbocycles. The first-order valence-electron chi connectivity index (χ1n) is 6.35. The number of hydrogen-bond acceptors (Lipinski definition) is 5. The van der Waals surface area contributed by atoms with Crippen molar-refractivity contribution in [3.05, 3.63) is 53.1 Å². The second-order valence-electron chi connectivity index (χ2n) is 4.52. The molecule has 0 aliphatic rings. The van der Waals surface area contributed by atoms with E-state index in [1.165, 1.54) is 12.1 Å². The molecule has 0 fully saturated rings. The zero-order valence-corrected chi connectivity index (χ0v) is 13.2. The highest BCUT2D eigenvalue weighted by Gasteiger charge is 2.35. The molecule has 134 valence electrons. The highest BCUT2D eigenvalue weighted by Crippen LogP contribution is 2.34. The maximum absolute atomic E-state index is 13.9. The molecule has 0 heterocycles. The fourth-order valence-corrected chi connectivity index (χ4v) is 2.98. The molecule has 0 aliphatic heterocycles. The molecule has 1 amide bonds.